The topological polar surface area (TPSA) is 48.7 Å². The third kappa shape index (κ3) is 2.59. The Morgan fingerprint density at radius 1 is 1.25 bits per heavy atom. The molecule has 84 valence electrons. The van der Waals surface area contributed by atoms with E-state index in [1.807, 2.05) is 12.1 Å². The van der Waals surface area contributed by atoms with Gasteiger partial charge < -0.3 is 0 Å². The van der Waals surface area contributed by atoms with Crippen molar-refractivity contribution < 1.29 is 0 Å². The van der Waals surface area contributed by atoms with Gasteiger partial charge in [0.1, 0.15) is 5.54 Å². The van der Waals surface area contributed by atoms with E-state index in [0.717, 1.165) is 32.2 Å². The van der Waals surface area contributed by atoms with E-state index in [9.17, 15) is 5.26 Å². The van der Waals surface area contributed by atoms with E-state index >= 15 is 0 Å². The molecule has 1 fully saturated rings. The van der Waals surface area contributed by atoms with Crippen LogP contribution in [0.3, 0.4) is 0 Å². The largest absolute Gasteiger partial charge is 0.295 e. The molecule has 3 nitrogen and oxygen atoms in total. The predicted molar refractivity (Wildman–Crippen MR) is 62.5 cm³/mol. The zero-order valence-corrected chi connectivity index (χ0v) is 9.45. The molecule has 16 heavy (non-hydrogen) atoms. The van der Waals surface area contributed by atoms with Gasteiger partial charge in [-0.25, -0.2) is 0 Å². The molecule has 1 heterocycles. The minimum Gasteiger partial charge on any atom is -0.295 e. The summed E-state index contributed by atoms with van der Waals surface area (Å²) in [6.45, 7) is 0.760. The molecule has 0 bridgehead atoms. The molecule has 1 aromatic heterocycles. The highest BCUT2D eigenvalue weighted by Crippen LogP contribution is 2.27. The second-order valence-corrected chi connectivity index (χ2v) is 4.46. The van der Waals surface area contributed by atoms with Crippen LogP contribution in [-0.2, 0) is 6.54 Å². The number of aromatic nitrogens is 1. The van der Waals surface area contributed by atoms with Gasteiger partial charge in [-0.1, -0.05) is 19.3 Å². The SMILES string of the molecule is N#CC1(NCc2ccncc2)CCCCC1. The Kier molecular flexibility index (Phi) is 3.53. The molecule has 0 aliphatic heterocycles. The van der Waals surface area contributed by atoms with E-state index in [1.54, 1.807) is 12.4 Å². The first-order valence-corrected chi connectivity index (χ1v) is 5.90. The van der Waals surface area contributed by atoms with E-state index in [1.165, 1.54) is 12.0 Å². The van der Waals surface area contributed by atoms with Gasteiger partial charge in [-0.3, -0.25) is 10.3 Å². The van der Waals surface area contributed by atoms with Crippen LogP contribution in [-0.4, -0.2) is 10.5 Å². The van der Waals surface area contributed by atoms with Crippen LogP contribution in [0.25, 0.3) is 0 Å². The zero-order valence-electron chi connectivity index (χ0n) is 9.45. The van der Waals surface area contributed by atoms with Crippen LogP contribution in [0.4, 0.5) is 0 Å². The first-order valence-electron chi connectivity index (χ1n) is 5.90. The fourth-order valence-corrected chi connectivity index (χ4v) is 2.26. The fourth-order valence-electron chi connectivity index (χ4n) is 2.26. The number of hydrogen-bond acceptors (Lipinski definition) is 3. The Morgan fingerprint density at radius 2 is 1.94 bits per heavy atom. The number of nitrogens with zero attached hydrogens (tertiary/aromatic N) is 2. The molecule has 1 aliphatic rings. The second kappa shape index (κ2) is 5.09. The second-order valence-electron chi connectivity index (χ2n) is 4.46. The maximum Gasteiger partial charge on any atom is 0.107 e. The Bertz CT molecular complexity index is 361. The molecule has 0 radical (unpaired) electrons. The van der Waals surface area contributed by atoms with Crippen LogP contribution in [0.15, 0.2) is 24.5 Å². The lowest BCUT2D eigenvalue weighted by Crippen LogP contribution is -2.44. The minimum atomic E-state index is -0.290. The summed E-state index contributed by atoms with van der Waals surface area (Å²) >= 11 is 0. The number of nitriles is 1. The molecule has 2 rings (SSSR count). The molecule has 3 heteroatoms. The molecule has 0 atom stereocenters. The highest BCUT2D eigenvalue weighted by Gasteiger charge is 2.30. The van der Waals surface area contributed by atoms with Crippen molar-refractivity contribution in [2.75, 3.05) is 0 Å². The van der Waals surface area contributed by atoms with Crippen molar-refractivity contribution >= 4 is 0 Å². The Balaban J connectivity index is 1.95. The van der Waals surface area contributed by atoms with Gasteiger partial charge in [0.15, 0.2) is 0 Å². The molecule has 1 saturated carbocycles. The summed E-state index contributed by atoms with van der Waals surface area (Å²) in [5.74, 6) is 0. The Labute approximate surface area is 96.5 Å². The highest BCUT2D eigenvalue weighted by atomic mass is 15.0. The highest BCUT2D eigenvalue weighted by molar-refractivity contribution is 5.13. The Hall–Kier alpha value is -1.40. The van der Waals surface area contributed by atoms with Gasteiger partial charge in [0.2, 0.25) is 0 Å². The van der Waals surface area contributed by atoms with E-state index in [2.05, 4.69) is 16.4 Å². The van der Waals surface area contributed by atoms with Crippen molar-refractivity contribution in [1.29, 1.82) is 5.26 Å². The summed E-state index contributed by atoms with van der Waals surface area (Å²) in [7, 11) is 0. The minimum absolute atomic E-state index is 0.290. The summed E-state index contributed by atoms with van der Waals surface area (Å²) in [4.78, 5) is 3.98. The van der Waals surface area contributed by atoms with Gasteiger partial charge in [-0.15, -0.1) is 0 Å². The van der Waals surface area contributed by atoms with E-state index < -0.39 is 0 Å². The monoisotopic (exact) mass is 215 g/mol. The van der Waals surface area contributed by atoms with Crippen molar-refractivity contribution in [3.05, 3.63) is 30.1 Å². The molecule has 0 saturated heterocycles. The van der Waals surface area contributed by atoms with Crippen LogP contribution in [0.5, 0.6) is 0 Å². The third-order valence-corrected chi connectivity index (χ3v) is 3.30. The van der Waals surface area contributed by atoms with Crippen molar-refractivity contribution in [1.82, 2.24) is 10.3 Å². The van der Waals surface area contributed by atoms with E-state index in [0.29, 0.717) is 0 Å². The maximum absolute atomic E-state index is 9.29. The lowest BCUT2D eigenvalue weighted by molar-refractivity contribution is 0.296. The van der Waals surface area contributed by atoms with Crippen molar-refractivity contribution in [2.45, 2.75) is 44.2 Å². The van der Waals surface area contributed by atoms with Crippen LogP contribution >= 0.6 is 0 Å². The van der Waals surface area contributed by atoms with Crippen LogP contribution in [0.1, 0.15) is 37.7 Å². The Morgan fingerprint density at radius 3 is 2.56 bits per heavy atom. The summed E-state index contributed by atoms with van der Waals surface area (Å²) < 4.78 is 0. The molecular formula is C13H17N3. The molecule has 1 N–H and O–H groups in total. The average Bonchev–Trinajstić information content (AvgIpc) is 2.39. The molecule has 1 aliphatic carbocycles. The summed E-state index contributed by atoms with van der Waals surface area (Å²) in [6.07, 6.45) is 9.13. The maximum atomic E-state index is 9.29. The number of hydrogen-bond donors (Lipinski definition) is 1. The first kappa shape index (κ1) is 11.1. The lowest BCUT2D eigenvalue weighted by Gasteiger charge is -2.31. The summed E-state index contributed by atoms with van der Waals surface area (Å²) in [6, 6.07) is 6.43. The quantitative estimate of drug-likeness (QED) is 0.842. The van der Waals surface area contributed by atoms with Crippen LogP contribution < -0.4 is 5.32 Å². The first-order chi connectivity index (χ1) is 7.85. The van der Waals surface area contributed by atoms with Gasteiger partial charge >= 0.3 is 0 Å². The lowest BCUT2D eigenvalue weighted by atomic mass is 9.83. The number of nitrogens with one attached hydrogen (secondary N) is 1. The van der Waals surface area contributed by atoms with Gasteiger partial charge in [0.05, 0.1) is 6.07 Å². The molecular weight excluding hydrogens is 198 g/mol. The summed E-state index contributed by atoms with van der Waals surface area (Å²) in [5, 5.41) is 12.7. The fraction of sp³-hybridized carbons (Fsp3) is 0.538. The van der Waals surface area contributed by atoms with Gasteiger partial charge in [0, 0.05) is 18.9 Å². The van der Waals surface area contributed by atoms with Gasteiger partial charge in [-0.2, -0.15) is 5.26 Å². The molecule has 0 spiro atoms. The van der Waals surface area contributed by atoms with Crippen LogP contribution in [0, 0.1) is 11.3 Å². The van der Waals surface area contributed by atoms with Crippen LogP contribution in [0.2, 0.25) is 0 Å². The van der Waals surface area contributed by atoms with Crippen molar-refractivity contribution in [3.8, 4) is 6.07 Å². The van der Waals surface area contributed by atoms with Gasteiger partial charge in [-0.05, 0) is 30.5 Å². The third-order valence-electron chi connectivity index (χ3n) is 3.30. The molecule has 1 aromatic rings. The number of pyridine rings is 1. The standard InChI is InChI=1S/C13H17N3/c14-11-13(6-2-1-3-7-13)16-10-12-4-8-15-9-5-12/h4-5,8-9,16H,1-3,6-7,10H2. The average molecular weight is 215 g/mol. The van der Waals surface area contributed by atoms with E-state index in [-0.39, 0.29) is 5.54 Å². The van der Waals surface area contributed by atoms with Gasteiger partial charge in [0.25, 0.3) is 0 Å². The molecule has 0 aromatic carbocycles. The smallest absolute Gasteiger partial charge is 0.107 e. The zero-order chi connectivity index (χ0) is 11.3. The van der Waals surface area contributed by atoms with E-state index in [4.69, 9.17) is 0 Å². The molecule has 0 unspecified atom stereocenters. The van der Waals surface area contributed by atoms with Crippen molar-refractivity contribution in [2.24, 2.45) is 0 Å². The molecule has 0 amide bonds. The number of rotatable bonds is 3. The summed E-state index contributed by atoms with van der Waals surface area (Å²) in [5.41, 5.74) is 0.900. The van der Waals surface area contributed by atoms with Crippen molar-refractivity contribution in [3.63, 3.8) is 0 Å². The predicted octanol–water partition coefficient (Wildman–Crippen LogP) is 2.40. The normalized spacial score (nSPS) is 18.9.